The fourth-order valence-corrected chi connectivity index (χ4v) is 4.55. The van der Waals surface area contributed by atoms with E-state index in [1.165, 1.54) is 16.9 Å². The zero-order valence-electron chi connectivity index (χ0n) is 17.6. The number of hydrogen-bond acceptors (Lipinski definition) is 6. The molecule has 1 saturated heterocycles. The van der Waals surface area contributed by atoms with E-state index in [2.05, 4.69) is 37.1 Å². The molecule has 0 atom stereocenters. The molecule has 8 heteroatoms. The molecule has 1 aliphatic heterocycles. The van der Waals surface area contributed by atoms with E-state index in [0.29, 0.717) is 5.13 Å². The maximum atomic E-state index is 12.7. The summed E-state index contributed by atoms with van der Waals surface area (Å²) in [6.45, 7) is 6.70. The third kappa shape index (κ3) is 4.67. The minimum atomic E-state index is -0.473. The maximum absolute atomic E-state index is 12.7. The number of nitrogens with zero attached hydrogens (tertiary/aromatic N) is 5. The van der Waals surface area contributed by atoms with Crippen molar-refractivity contribution in [1.82, 2.24) is 14.8 Å². The van der Waals surface area contributed by atoms with E-state index in [4.69, 9.17) is 0 Å². The first-order chi connectivity index (χ1) is 15.0. The Hall–Kier alpha value is -3.44. The Bertz CT molecular complexity index is 1150. The highest BCUT2D eigenvalue weighted by molar-refractivity contribution is 7.19. The summed E-state index contributed by atoms with van der Waals surface area (Å²) in [6.07, 6.45) is 3.93. The number of nitriles is 1. The summed E-state index contributed by atoms with van der Waals surface area (Å²) in [5.74, 6) is -0.473. The van der Waals surface area contributed by atoms with Gasteiger partial charge in [0.25, 0.3) is 5.91 Å². The monoisotopic (exact) mass is 432 g/mol. The third-order valence-electron chi connectivity index (χ3n) is 5.47. The van der Waals surface area contributed by atoms with Gasteiger partial charge in [-0.2, -0.15) is 5.26 Å². The van der Waals surface area contributed by atoms with Gasteiger partial charge in [0.15, 0.2) is 0 Å². The summed E-state index contributed by atoms with van der Waals surface area (Å²) in [7, 11) is 0. The number of aromatic nitrogens is 3. The molecule has 0 saturated carbocycles. The van der Waals surface area contributed by atoms with E-state index < -0.39 is 5.91 Å². The van der Waals surface area contributed by atoms with E-state index in [0.717, 1.165) is 54.6 Å². The number of benzene rings is 1. The van der Waals surface area contributed by atoms with Crippen LogP contribution in [0.3, 0.4) is 0 Å². The van der Waals surface area contributed by atoms with E-state index in [9.17, 15) is 10.1 Å². The van der Waals surface area contributed by atoms with Gasteiger partial charge in [-0.05, 0) is 50.0 Å². The minimum absolute atomic E-state index is 0.0397. The van der Waals surface area contributed by atoms with Crippen LogP contribution in [0.5, 0.6) is 0 Å². The van der Waals surface area contributed by atoms with Crippen LogP contribution in [-0.4, -0.2) is 33.8 Å². The van der Waals surface area contributed by atoms with Crippen molar-refractivity contribution in [3.63, 3.8) is 0 Å². The number of hydrogen-bond donors (Lipinski definition) is 1. The molecule has 0 bridgehead atoms. The van der Waals surface area contributed by atoms with E-state index in [-0.39, 0.29) is 5.57 Å². The Labute approximate surface area is 185 Å². The topological polar surface area (TPSA) is 86.8 Å². The predicted molar refractivity (Wildman–Crippen MR) is 123 cm³/mol. The van der Waals surface area contributed by atoms with Crippen molar-refractivity contribution in [2.75, 3.05) is 23.3 Å². The maximum Gasteiger partial charge on any atom is 0.268 e. The van der Waals surface area contributed by atoms with Gasteiger partial charge in [0.2, 0.25) is 10.3 Å². The number of carbonyl (C=O) groups is 1. The second kappa shape index (κ2) is 9.14. The second-order valence-corrected chi connectivity index (χ2v) is 8.56. The molecule has 3 aromatic rings. The SMILES string of the molecule is Cc1cc(/C=C(/C#N)C(=O)Nc2nnc(N3CCCC3)s2)c(C)n1Cc1ccccc1. The molecule has 3 heterocycles. The summed E-state index contributed by atoms with van der Waals surface area (Å²) in [5.41, 5.74) is 4.18. The summed E-state index contributed by atoms with van der Waals surface area (Å²) in [6, 6.07) is 14.2. The average Bonchev–Trinajstić information content (AvgIpc) is 3.51. The molecule has 31 heavy (non-hydrogen) atoms. The zero-order chi connectivity index (χ0) is 21.8. The third-order valence-corrected chi connectivity index (χ3v) is 6.37. The Balaban J connectivity index is 1.51. The van der Waals surface area contributed by atoms with Gasteiger partial charge in [0, 0.05) is 31.0 Å². The molecule has 1 fully saturated rings. The molecule has 1 aliphatic rings. The van der Waals surface area contributed by atoms with Gasteiger partial charge in [-0.25, -0.2) is 0 Å². The molecular formula is C23H24N6OS. The average molecular weight is 433 g/mol. The number of anilines is 2. The van der Waals surface area contributed by atoms with E-state index in [1.807, 2.05) is 44.2 Å². The lowest BCUT2D eigenvalue weighted by Crippen LogP contribution is -2.17. The van der Waals surface area contributed by atoms with Crippen LogP contribution in [0.1, 0.15) is 35.4 Å². The highest BCUT2D eigenvalue weighted by Crippen LogP contribution is 2.27. The lowest BCUT2D eigenvalue weighted by atomic mass is 10.1. The molecule has 0 aliphatic carbocycles. The van der Waals surface area contributed by atoms with Crippen LogP contribution in [0, 0.1) is 25.2 Å². The van der Waals surface area contributed by atoms with Crippen LogP contribution in [0.25, 0.3) is 6.08 Å². The van der Waals surface area contributed by atoms with Gasteiger partial charge in [-0.1, -0.05) is 41.7 Å². The molecule has 0 radical (unpaired) electrons. The highest BCUT2D eigenvalue weighted by atomic mass is 32.1. The molecule has 4 rings (SSSR count). The van der Waals surface area contributed by atoms with Gasteiger partial charge >= 0.3 is 0 Å². The summed E-state index contributed by atoms with van der Waals surface area (Å²) in [5, 5.41) is 21.7. The molecule has 0 spiro atoms. The Morgan fingerprint density at radius 2 is 1.97 bits per heavy atom. The number of rotatable bonds is 6. The van der Waals surface area contributed by atoms with Crippen LogP contribution in [-0.2, 0) is 11.3 Å². The number of nitrogens with one attached hydrogen (secondary N) is 1. The minimum Gasteiger partial charge on any atom is -0.347 e. The normalized spacial score (nSPS) is 14.0. The molecule has 0 unspecified atom stereocenters. The fraction of sp³-hybridized carbons (Fsp3) is 0.304. The van der Waals surface area contributed by atoms with Crippen molar-refractivity contribution in [3.05, 3.63) is 64.5 Å². The first-order valence-corrected chi connectivity index (χ1v) is 11.1. The van der Waals surface area contributed by atoms with Gasteiger partial charge in [-0.3, -0.25) is 10.1 Å². The van der Waals surface area contributed by atoms with Gasteiger partial charge in [-0.15, -0.1) is 10.2 Å². The van der Waals surface area contributed by atoms with Crippen molar-refractivity contribution in [2.24, 2.45) is 0 Å². The number of aryl methyl sites for hydroxylation is 1. The van der Waals surface area contributed by atoms with Gasteiger partial charge < -0.3 is 9.47 Å². The Kier molecular flexibility index (Phi) is 6.14. The number of amides is 1. The van der Waals surface area contributed by atoms with E-state index in [1.54, 1.807) is 6.08 Å². The fourth-order valence-electron chi connectivity index (χ4n) is 3.75. The number of carbonyl (C=O) groups excluding carboxylic acids is 1. The molecule has 2 aromatic heterocycles. The zero-order valence-corrected chi connectivity index (χ0v) is 18.4. The van der Waals surface area contributed by atoms with Crippen molar-refractivity contribution < 1.29 is 4.79 Å². The van der Waals surface area contributed by atoms with Crippen LogP contribution in [0.4, 0.5) is 10.3 Å². The standard InChI is InChI=1S/C23H24N6OS/c1-16-12-19(17(2)29(16)15-18-8-4-3-5-9-18)13-20(14-24)21(30)25-22-26-27-23(31-22)28-10-6-7-11-28/h3-5,8-9,12-13H,6-7,10-11,15H2,1-2H3,(H,25,26,30)/b20-13-. The highest BCUT2D eigenvalue weighted by Gasteiger charge is 2.19. The van der Waals surface area contributed by atoms with Crippen molar-refractivity contribution in [1.29, 1.82) is 5.26 Å². The van der Waals surface area contributed by atoms with E-state index >= 15 is 0 Å². The first kappa shape index (κ1) is 20.8. The van der Waals surface area contributed by atoms with Crippen molar-refractivity contribution >= 4 is 33.6 Å². The first-order valence-electron chi connectivity index (χ1n) is 10.3. The molecule has 1 aromatic carbocycles. The molecule has 1 amide bonds. The Morgan fingerprint density at radius 3 is 2.68 bits per heavy atom. The van der Waals surface area contributed by atoms with Crippen molar-refractivity contribution in [3.8, 4) is 6.07 Å². The summed E-state index contributed by atoms with van der Waals surface area (Å²) < 4.78 is 2.18. The predicted octanol–water partition coefficient (Wildman–Crippen LogP) is 4.15. The van der Waals surface area contributed by atoms with Crippen LogP contribution < -0.4 is 10.2 Å². The van der Waals surface area contributed by atoms with Crippen LogP contribution >= 0.6 is 11.3 Å². The lowest BCUT2D eigenvalue weighted by Gasteiger charge is -2.10. The summed E-state index contributed by atoms with van der Waals surface area (Å²) >= 11 is 1.33. The second-order valence-electron chi connectivity index (χ2n) is 7.61. The quantitative estimate of drug-likeness (QED) is 0.467. The van der Waals surface area contributed by atoms with Crippen LogP contribution in [0.15, 0.2) is 42.0 Å². The smallest absolute Gasteiger partial charge is 0.268 e. The molecular weight excluding hydrogens is 408 g/mol. The van der Waals surface area contributed by atoms with Crippen molar-refractivity contribution in [2.45, 2.75) is 33.2 Å². The molecule has 158 valence electrons. The largest absolute Gasteiger partial charge is 0.347 e. The molecule has 1 N–H and O–H groups in total. The Morgan fingerprint density at radius 1 is 1.23 bits per heavy atom. The lowest BCUT2D eigenvalue weighted by molar-refractivity contribution is -0.112. The molecule has 7 nitrogen and oxygen atoms in total. The van der Waals surface area contributed by atoms with Crippen LogP contribution in [0.2, 0.25) is 0 Å². The summed E-state index contributed by atoms with van der Waals surface area (Å²) in [4.78, 5) is 14.9. The van der Waals surface area contributed by atoms with Gasteiger partial charge in [0.1, 0.15) is 11.6 Å². The van der Waals surface area contributed by atoms with Gasteiger partial charge in [0.05, 0.1) is 0 Å².